The van der Waals surface area contributed by atoms with Gasteiger partial charge >= 0.3 is 0 Å². The number of nitrogens with zero attached hydrogens (tertiary/aromatic N) is 1. The fourth-order valence-electron chi connectivity index (χ4n) is 2.08. The minimum absolute atomic E-state index is 0.226. The molecule has 1 N–H and O–H groups in total. The van der Waals surface area contributed by atoms with Crippen LogP contribution in [-0.4, -0.2) is 35.6 Å². The Morgan fingerprint density at radius 2 is 2.31 bits per heavy atom. The Balaban J connectivity index is 1.85. The number of aliphatic hydroxyl groups is 1. The van der Waals surface area contributed by atoms with E-state index in [0.717, 1.165) is 25.9 Å². The lowest BCUT2D eigenvalue weighted by molar-refractivity contribution is -0.131. The van der Waals surface area contributed by atoms with Crippen LogP contribution in [0.3, 0.4) is 0 Å². The van der Waals surface area contributed by atoms with Gasteiger partial charge in [-0.15, -0.1) is 0 Å². The first kappa shape index (κ1) is 9.00. The fraction of sp³-hybridized carbons (Fsp3) is 0.900. The molecule has 2 rings (SSSR count). The van der Waals surface area contributed by atoms with Crippen molar-refractivity contribution in [3.8, 4) is 0 Å². The summed E-state index contributed by atoms with van der Waals surface area (Å²) in [6.45, 7) is 3.98. The van der Waals surface area contributed by atoms with E-state index in [-0.39, 0.29) is 6.61 Å². The fourth-order valence-corrected chi connectivity index (χ4v) is 2.08. The second kappa shape index (κ2) is 3.29. The first-order valence-electron chi connectivity index (χ1n) is 5.12. The number of rotatable bonds is 2. The number of carbonyl (C=O) groups excluding carboxylic acids is 1. The number of likely N-dealkylation sites (tertiary alicyclic amines) is 1. The Hall–Kier alpha value is -0.570. The predicted octanol–water partition coefficient (Wildman–Crippen LogP) is 0.483. The normalized spacial score (nSPS) is 38.0. The summed E-state index contributed by atoms with van der Waals surface area (Å²) in [4.78, 5) is 13.6. The third kappa shape index (κ3) is 1.70. The molecule has 13 heavy (non-hydrogen) atoms. The van der Waals surface area contributed by atoms with Crippen LogP contribution in [0, 0.1) is 17.8 Å². The Kier molecular flexibility index (Phi) is 2.28. The van der Waals surface area contributed by atoms with Crippen molar-refractivity contribution in [1.82, 2.24) is 4.90 Å². The summed E-state index contributed by atoms with van der Waals surface area (Å²) in [7, 11) is 0. The highest BCUT2D eigenvalue weighted by Crippen LogP contribution is 2.39. The number of aliphatic hydroxyl groups excluding tert-OH is 1. The Morgan fingerprint density at radius 3 is 2.77 bits per heavy atom. The van der Waals surface area contributed by atoms with Crippen LogP contribution in [0.4, 0.5) is 0 Å². The van der Waals surface area contributed by atoms with E-state index in [1.807, 2.05) is 4.90 Å². The maximum absolute atomic E-state index is 11.7. The molecule has 0 radical (unpaired) electrons. The van der Waals surface area contributed by atoms with E-state index in [2.05, 4.69) is 6.92 Å². The lowest BCUT2D eigenvalue weighted by atomic mass is 10.1. The first-order valence-corrected chi connectivity index (χ1v) is 5.12. The molecule has 0 aromatic heterocycles. The van der Waals surface area contributed by atoms with Crippen LogP contribution in [0.25, 0.3) is 0 Å². The summed E-state index contributed by atoms with van der Waals surface area (Å²) in [6.07, 6.45) is 2.04. The Bertz CT molecular complexity index is 217. The molecule has 3 atom stereocenters. The molecule has 0 aromatic carbocycles. The lowest BCUT2D eigenvalue weighted by Crippen LogP contribution is -2.30. The summed E-state index contributed by atoms with van der Waals surface area (Å²) in [5, 5.41) is 8.93. The van der Waals surface area contributed by atoms with E-state index in [0.29, 0.717) is 23.7 Å². The van der Waals surface area contributed by atoms with Crippen LogP contribution in [0.2, 0.25) is 0 Å². The largest absolute Gasteiger partial charge is 0.396 e. The van der Waals surface area contributed by atoms with Crippen LogP contribution in [-0.2, 0) is 4.79 Å². The third-order valence-corrected chi connectivity index (χ3v) is 3.28. The van der Waals surface area contributed by atoms with Crippen LogP contribution in [0.15, 0.2) is 0 Å². The average molecular weight is 183 g/mol. The van der Waals surface area contributed by atoms with Crippen molar-refractivity contribution in [2.45, 2.75) is 19.8 Å². The predicted molar refractivity (Wildman–Crippen MR) is 49.0 cm³/mol. The van der Waals surface area contributed by atoms with Gasteiger partial charge in [0.15, 0.2) is 0 Å². The van der Waals surface area contributed by atoms with E-state index in [9.17, 15) is 4.79 Å². The zero-order valence-electron chi connectivity index (χ0n) is 8.07. The van der Waals surface area contributed by atoms with Crippen LogP contribution >= 0.6 is 0 Å². The van der Waals surface area contributed by atoms with Gasteiger partial charge in [0.1, 0.15) is 0 Å². The number of carbonyl (C=O) groups is 1. The van der Waals surface area contributed by atoms with Gasteiger partial charge in [0, 0.05) is 31.5 Å². The summed E-state index contributed by atoms with van der Waals surface area (Å²) in [5.41, 5.74) is 0. The Morgan fingerprint density at radius 1 is 1.62 bits per heavy atom. The topological polar surface area (TPSA) is 40.5 Å². The van der Waals surface area contributed by atoms with Crippen LogP contribution in [0.1, 0.15) is 19.8 Å². The molecule has 1 saturated heterocycles. The van der Waals surface area contributed by atoms with Crippen molar-refractivity contribution in [1.29, 1.82) is 0 Å². The molecule has 1 saturated carbocycles. The summed E-state index contributed by atoms with van der Waals surface area (Å²) >= 11 is 0. The second-order valence-corrected chi connectivity index (χ2v) is 4.44. The maximum atomic E-state index is 11.7. The first-order chi connectivity index (χ1) is 6.22. The molecular formula is C10H17NO2. The highest BCUT2D eigenvalue weighted by molar-refractivity contribution is 5.81. The third-order valence-electron chi connectivity index (χ3n) is 3.28. The molecule has 1 amide bonds. The van der Waals surface area contributed by atoms with E-state index in [1.54, 1.807) is 0 Å². The molecular weight excluding hydrogens is 166 g/mol. The van der Waals surface area contributed by atoms with E-state index < -0.39 is 0 Å². The molecule has 3 heteroatoms. The minimum atomic E-state index is 0.226. The number of amides is 1. The summed E-state index contributed by atoms with van der Waals surface area (Å²) in [6, 6.07) is 0. The Labute approximate surface area is 78.7 Å². The summed E-state index contributed by atoms with van der Waals surface area (Å²) < 4.78 is 0. The van der Waals surface area contributed by atoms with Gasteiger partial charge in [-0.1, -0.05) is 6.92 Å². The zero-order chi connectivity index (χ0) is 9.42. The molecule has 0 spiro atoms. The molecule has 2 aliphatic rings. The average Bonchev–Trinajstić information content (AvgIpc) is 2.70. The molecule has 2 fully saturated rings. The smallest absolute Gasteiger partial charge is 0.225 e. The molecule has 0 aromatic rings. The molecule has 74 valence electrons. The second-order valence-electron chi connectivity index (χ2n) is 4.44. The van der Waals surface area contributed by atoms with Crippen molar-refractivity contribution in [2.75, 3.05) is 19.7 Å². The van der Waals surface area contributed by atoms with Gasteiger partial charge < -0.3 is 10.0 Å². The van der Waals surface area contributed by atoms with Gasteiger partial charge in [0.05, 0.1) is 0 Å². The van der Waals surface area contributed by atoms with E-state index in [1.165, 1.54) is 0 Å². The number of hydrogen-bond acceptors (Lipinski definition) is 2. The standard InChI is InChI=1S/C10H17NO2/c1-7-4-9(7)10(13)11-3-2-8(5-11)6-12/h7-9,12H,2-6H2,1H3/t7-,8-,9-/m1/s1. The molecule has 1 aliphatic heterocycles. The van der Waals surface area contributed by atoms with Crippen LogP contribution in [0.5, 0.6) is 0 Å². The molecule has 1 heterocycles. The molecule has 3 nitrogen and oxygen atoms in total. The van der Waals surface area contributed by atoms with Crippen LogP contribution < -0.4 is 0 Å². The van der Waals surface area contributed by atoms with E-state index in [4.69, 9.17) is 5.11 Å². The van der Waals surface area contributed by atoms with Gasteiger partial charge in [0.25, 0.3) is 0 Å². The van der Waals surface area contributed by atoms with Gasteiger partial charge in [-0.05, 0) is 18.8 Å². The molecule has 0 bridgehead atoms. The molecule has 0 unspecified atom stereocenters. The zero-order valence-corrected chi connectivity index (χ0v) is 8.07. The lowest BCUT2D eigenvalue weighted by Gasteiger charge is -2.15. The summed E-state index contributed by atoms with van der Waals surface area (Å²) in [5.74, 6) is 1.56. The van der Waals surface area contributed by atoms with Gasteiger partial charge in [-0.25, -0.2) is 0 Å². The van der Waals surface area contributed by atoms with Crippen molar-refractivity contribution in [3.63, 3.8) is 0 Å². The monoisotopic (exact) mass is 183 g/mol. The quantitative estimate of drug-likeness (QED) is 0.676. The van der Waals surface area contributed by atoms with E-state index >= 15 is 0 Å². The highest BCUT2D eigenvalue weighted by atomic mass is 16.3. The number of hydrogen-bond donors (Lipinski definition) is 1. The highest BCUT2D eigenvalue weighted by Gasteiger charge is 2.42. The SMILES string of the molecule is C[C@@H]1C[C@H]1C(=O)N1CC[C@@H](CO)C1. The van der Waals surface area contributed by atoms with Crippen molar-refractivity contribution < 1.29 is 9.90 Å². The molecule has 1 aliphatic carbocycles. The minimum Gasteiger partial charge on any atom is -0.396 e. The van der Waals surface area contributed by atoms with Crippen molar-refractivity contribution in [3.05, 3.63) is 0 Å². The van der Waals surface area contributed by atoms with Gasteiger partial charge in [-0.2, -0.15) is 0 Å². The van der Waals surface area contributed by atoms with Crippen molar-refractivity contribution in [2.24, 2.45) is 17.8 Å². The van der Waals surface area contributed by atoms with Gasteiger partial charge in [0.2, 0.25) is 5.91 Å². The maximum Gasteiger partial charge on any atom is 0.225 e. The van der Waals surface area contributed by atoms with Gasteiger partial charge in [-0.3, -0.25) is 4.79 Å². The van der Waals surface area contributed by atoms with Crippen molar-refractivity contribution >= 4 is 5.91 Å².